The van der Waals surface area contributed by atoms with Crippen LogP contribution in [-0.2, 0) is 10.5 Å². The van der Waals surface area contributed by atoms with Crippen molar-refractivity contribution < 1.29 is 18.7 Å². The molecule has 0 N–H and O–H groups in total. The topological polar surface area (TPSA) is 35.5 Å². The Morgan fingerprint density at radius 3 is 2.25 bits per heavy atom. The molecule has 0 saturated carbocycles. The Morgan fingerprint density at radius 2 is 1.81 bits per heavy atom. The maximum atomic E-state index is 13.9. The zero-order valence-electron chi connectivity index (χ0n) is 9.21. The highest BCUT2D eigenvalue weighted by atomic mass is 79.9. The highest BCUT2D eigenvalue weighted by Gasteiger charge is 2.29. The van der Waals surface area contributed by atoms with Gasteiger partial charge in [0.1, 0.15) is 0 Å². The van der Waals surface area contributed by atoms with Crippen molar-refractivity contribution in [3.8, 4) is 11.5 Å². The first-order valence-electron chi connectivity index (χ1n) is 4.53. The number of ether oxygens (including phenoxy) is 2. The van der Waals surface area contributed by atoms with Crippen molar-refractivity contribution in [2.24, 2.45) is 0 Å². The molecule has 1 atom stereocenters. The second-order valence-electron chi connectivity index (χ2n) is 3.38. The van der Waals surface area contributed by atoms with Crippen molar-refractivity contribution in [2.45, 2.75) is 12.6 Å². The van der Waals surface area contributed by atoms with Crippen LogP contribution >= 0.6 is 15.9 Å². The van der Waals surface area contributed by atoms with Gasteiger partial charge < -0.3 is 9.47 Å². The van der Waals surface area contributed by atoms with Crippen molar-refractivity contribution in [1.29, 1.82) is 0 Å². The second-order valence-corrected chi connectivity index (χ2v) is 4.23. The number of benzene rings is 1. The lowest BCUT2D eigenvalue weighted by Gasteiger charge is -2.18. The van der Waals surface area contributed by atoms with Crippen LogP contribution in [0.4, 0.5) is 4.39 Å². The van der Waals surface area contributed by atoms with Gasteiger partial charge in [-0.15, -0.1) is 0 Å². The first kappa shape index (κ1) is 13.0. The maximum Gasteiger partial charge on any atom is 0.189 e. The largest absolute Gasteiger partial charge is 0.493 e. The molecule has 0 fully saturated rings. The first-order chi connectivity index (χ1) is 7.46. The van der Waals surface area contributed by atoms with Gasteiger partial charge in [0.15, 0.2) is 23.5 Å². The van der Waals surface area contributed by atoms with Gasteiger partial charge in [0.2, 0.25) is 0 Å². The number of halogens is 2. The average molecular weight is 291 g/mol. The fourth-order valence-electron chi connectivity index (χ4n) is 1.29. The van der Waals surface area contributed by atoms with Gasteiger partial charge in [0, 0.05) is 10.0 Å². The number of hydrogen-bond acceptors (Lipinski definition) is 3. The molecular weight excluding hydrogens is 279 g/mol. The molecule has 0 spiro atoms. The molecule has 1 aromatic carbocycles. The third-order valence-electron chi connectivity index (χ3n) is 2.22. The molecule has 16 heavy (non-hydrogen) atoms. The zero-order valence-corrected chi connectivity index (χ0v) is 10.8. The van der Waals surface area contributed by atoms with E-state index in [1.54, 1.807) is 6.07 Å². The molecule has 5 heteroatoms. The third kappa shape index (κ3) is 2.35. The van der Waals surface area contributed by atoms with E-state index >= 15 is 0 Å². The summed E-state index contributed by atoms with van der Waals surface area (Å²) in [6.45, 7) is 1.19. The average Bonchev–Trinajstić information content (AvgIpc) is 2.28. The highest BCUT2D eigenvalue weighted by molar-refractivity contribution is 9.10. The number of aldehydes is 1. The Labute approximate surface area is 102 Å². The lowest BCUT2D eigenvalue weighted by Crippen LogP contribution is -2.17. The Bertz CT molecular complexity index is 404. The van der Waals surface area contributed by atoms with Crippen LogP contribution in [-0.4, -0.2) is 20.5 Å². The van der Waals surface area contributed by atoms with Crippen LogP contribution in [0.3, 0.4) is 0 Å². The first-order valence-corrected chi connectivity index (χ1v) is 5.32. The molecule has 0 amide bonds. The molecule has 1 unspecified atom stereocenters. The molecule has 0 aliphatic rings. The van der Waals surface area contributed by atoms with Crippen LogP contribution < -0.4 is 9.47 Å². The number of carbonyl (C=O) groups excluding carboxylic acids is 1. The maximum absolute atomic E-state index is 13.9. The van der Waals surface area contributed by atoms with E-state index in [4.69, 9.17) is 9.47 Å². The van der Waals surface area contributed by atoms with Gasteiger partial charge in [-0.3, -0.25) is 4.79 Å². The molecule has 1 rings (SSSR count). The van der Waals surface area contributed by atoms with Gasteiger partial charge in [0.05, 0.1) is 14.2 Å². The van der Waals surface area contributed by atoms with E-state index < -0.39 is 5.67 Å². The van der Waals surface area contributed by atoms with Crippen LogP contribution in [0.5, 0.6) is 11.5 Å². The molecular formula is C11H12BrFO3. The van der Waals surface area contributed by atoms with Crippen molar-refractivity contribution in [2.75, 3.05) is 14.2 Å². The van der Waals surface area contributed by atoms with Crippen molar-refractivity contribution in [1.82, 2.24) is 0 Å². The van der Waals surface area contributed by atoms with E-state index in [1.165, 1.54) is 27.2 Å². The van der Waals surface area contributed by atoms with Crippen LogP contribution in [0.2, 0.25) is 0 Å². The Kier molecular flexibility index (Phi) is 3.91. The van der Waals surface area contributed by atoms with E-state index in [0.717, 1.165) is 0 Å². The molecule has 0 aliphatic heterocycles. The van der Waals surface area contributed by atoms with E-state index in [2.05, 4.69) is 15.9 Å². The van der Waals surface area contributed by atoms with Gasteiger partial charge in [-0.25, -0.2) is 4.39 Å². The van der Waals surface area contributed by atoms with Gasteiger partial charge in [-0.1, -0.05) is 15.9 Å². The van der Waals surface area contributed by atoms with Crippen LogP contribution in [0.15, 0.2) is 16.6 Å². The Balaban J connectivity index is 3.37. The van der Waals surface area contributed by atoms with Crippen molar-refractivity contribution in [3.63, 3.8) is 0 Å². The summed E-state index contributed by atoms with van der Waals surface area (Å²) in [4.78, 5) is 10.7. The number of methoxy groups -OCH3 is 2. The van der Waals surface area contributed by atoms with Gasteiger partial charge >= 0.3 is 0 Å². The molecule has 88 valence electrons. The summed E-state index contributed by atoms with van der Waals surface area (Å²) < 4.78 is 24.4. The minimum atomic E-state index is -2.06. The minimum absolute atomic E-state index is 0.208. The summed E-state index contributed by atoms with van der Waals surface area (Å²) in [5.41, 5.74) is -1.85. The summed E-state index contributed by atoms with van der Waals surface area (Å²) >= 11 is 3.19. The SMILES string of the molecule is COc1cc(Br)c(C(C)(F)C=O)cc1OC. The third-order valence-corrected chi connectivity index (χ3v) is 2.88. The quantitative estimate of drug-likeness (QED) is 0.800. The molecule has 1 aromatic rings. The van der Waals surface area contributed by atoms with E-state index in [0.29, 0.717) is 16.0 Å². The lowest BCUT2D eigenvalue weighted by molar-refractivity contribution is -0.117. The number of carbonyl (C=O) groups is 1. The molecule has 0 saturated heterocycles. The monoisotopic (exact) mass is 290 g/mol. The summed E-state index contributed by atoms with van der Waals surface area (Å²) in [5.74, 6) is 0.853. The number of alkyl halides is 1. The minimum Gasteiger partial charge on any atom is -0.493 e. The fourth-order valence-corrected chi connectivity index (χ4v) is 2.00. The van der Waals surface area contributed by atoms with Gasteiger partial charge in [0.25, 0.3) is 0 Å². The van der Waals surface area contributed by atoms with Crippen LogP contribution in [0, 0.1) is 0 Å². The molecule has 3 nitrogen and oxygen atoms in total. The predicted molar refractivity (Wildman–Crippen MR) is 61.8 cm³/mol. The Hall–Kier alpha value is -1.10. The number of rotatable bonds is 4. The Morgan fingerprint density at radius 1 is 1.31 bits per heavy atom. The van der Waals surface area contributed by atoms with E-state index in [-0.39, 0.29) is 11.8 Å². The lowest BCUT2D eigenvalue weighted by atomic mass is 9.99. The second kappa shape index (κ2) is 4.82. The normalized spacial score (nSPS) is 14.1. The number of hydrogen-bond donors (Lipinski definition) is 0. The molecule has 0 heterocycles. The fraction of sp³-hybridized carbons (Fsp3) is 0.364. The van der Waals surface area contributed by atoms with Gasteiger partial charge in [-0.2, -0.15) is 0 Å². The zero-order chi connectivity index (χ0) is 12.3. The molecule has 0 aliphatic carbocycles. The summed E-state index contributed by atoms with van der Waals surface area (Å²) in [7, 11) is 2.93. The smallest absolute Gasteiger partial charge is 0.189 e. The summed E-state index contributed by atoms with van der Waals surface area (Å²) in [6, 6.07) is 3.01. The van der Waals surface area contributed by atoms with Crippen molar-refractivity contribution >= 4 is 22.2 Å². The summed E-state index contributed by atoms with van der Waals surface area (Å²) in [6.07, 6.45) is 0.249. The van der Waals surface area contributed by atoms with Crippen molar-refractivity contribution in [3.05, 3.63) is 22.2 Å². The van der Waals surface area contributed by atoms with E-state index in [9.17, 15) is 9.18 Å². The van der Waals surface area contributed by atoms with E-state index in [1.807, 2.05) is 0 Å². The van der Waals surface area contributed by atoms with Crippen LogP contribution in [0.1, 0.15) is 12.5 Å². The highest BCUT2D eigenvalue weighted by Crippen LogP contribution is 2.38. The molecule has 0 aromatic heterocycles. The predicted octanol–water partition coefficient (Wildman–Crippen LogP) is 2.85. The summed E-state index contributed by atoms with van der Waals surface area (Å²) in [5, 5.41) is 0. The standard InChI is InChI=1S/C11H12BrFO3/c1-11(13,6-14)7-4-9(15-2)10(16-3)5-8(7)12/h4-6H,1-3H3. The molecule has 0 radical (unpaired) electrons. The van der Waals surface area contributed by atoms with Gasteiger partial charge in [-0.05, 0) is 19.1 Å². The molecule has 0 bridgehead atoms. The van der Waals surface area contributed by atoms with Crippen LogP contribution in [0.25, 0.3) is 0 Å².